The van der Waals surface area contributed by atoms with E-state index in [-0.39, 0.29) is 0 Å². The molecule has 5 rings (SSSR count). The third-order valence-electron chi connectivity index (χ3n) is 7.54. The van der Waals surface area contributed by atoms with E-state index in [0.717, 1.165) is 17.7 Å². The van der Waals surface area contributed by atoms with E-state index in [4.69, 9.17) is 4.74 Å². The minimum atomic E-state index is 0.436. The maximum Gasteiger partial charge on any atom is 0.118 e. The maximum atomic E-state index is 5.32. The standard InChI is InChI=1S/C24H29NO/c1-25-14-13-24-12-4-3-5-21(24)23(25)16-19-7-6-18(15-22(19)24)17-8-10-20(26-2)11-9-17/h6-11,15,21,23H,3-5,12-14,16H2,1-2H3/t21-,23+,24+/m0/s1. The maximum absolute atomic E-state index is 5.32. The van der Waals surface area contributed by atoms with Crippen molar-refractivity contribution in [3.63, 3.8) is 0 Å². The van der Waals surface area contributed by atoms with Gasteiger partial charge in [-0.2, -0.15) is 0 Å². The molecule has 0 aromatic heterocycles. The highest BCUT2D eigenvalue weighted by Crippen LogP contribution is 2.55. The van der Waals surface area contributed by atoms with E-state index in [1.54, 1.807) is 18.2 Å². The Balaban J connectivity index is 1.61. The van der Waals surface area contributed by atoms with E-state index in [0.29, 0.717) is 5.41 Å². The summed E-state index contributed by atoms with van der Waals surface area (Å²) in [4.78, 5) is 2.65. The van der Waals surface area contributed by atoms with Crippen LogP contribution in [-0.4, -0.2) is 31.6 Å². The molecule has 1 aliphatic heterocycles. The summed E-state index contributed by atoms with van der Waals surface area (Å²) in [5, 5.41) is 0. The minimum absolute atomic E-state index is 0.436. The van der Waals surface area contributed by atoms with Gasteiger partial charge in [0, 0.05) is 11.5 Å². The molecule has 26 heavy (non-hydrogen) atoms. The summed E-state index contributed by atoms with van der Waals surface area (Å²) < 4.78 is 5.32. The van der Waals surface area contributed by atoms with Gasteiger partial charge in [-0.1, -0.05) is 43.2 Å². The lowest BCUT2D eigenvalue weighted by atomic mass is 9.52. The number of likely N-dealkylation sites (N-methyl/N-ethyl adjacent to an activating group) is 1. The van der Waals surface area contributed by atoms with Crippen LogP contribution in [0.15, 0.2) is 42.5 Å². The van der Waals surface area contributed by atoms with Crippen LogP contribution < -0.4 is 4.74 Å². The van der Waals surface area contributed by atoms with Crippen LogP contribution in [0.25, 0.3) is 11.1 Å². The first-order chi connectivity index (χ1) is 12.7. The second-order valence-corrected chi connectivity index (χ2v) is 8.61. The first kappa shape index (κ1) is 16.4. The fraction of sp³-hybridized carbons (Fsp3) is 0.500. The molecule has 3 atom stereocenters. The Labute approximate surface area is 157 Å². The van der Waals surface area contributed by atoms with Crippen LogP contribution in [0.2, 0.25) is 0 Å². The minimum Gasteiger partial charge on any atom is -0.497 e. The molecule has 136 valence electrons. The predicted octanol–water partition coefficient (Wildman–Crippen LogP) is 5.05. The van der Waals surface area contributed by atoms with Crippen LogP contribution in [0.3, 0.4) is 0 Å². The summed E-state index contributed by atoms with van der Waals surface area (Å²) in [6.45, 7) is 1.26. The molecule has 2 aromatic rings. The zero-order chi connectivity index (χ0) is 17.7. The fourth-order valence-electron chi connectivity index (χ4n) is 6.16. The van der Waals surface area contributed by atoms with E-state index in [9.17, 15) is 0 Å². The number of benzene rings is 2. The van der Waals surface area contributed by atoms with Crippen molar-refractivity contribution in [3.8, 4) is 16.9 Å². The topological polar surface area (TPSA) is 12.5 Å². The first-order valence-corrected chi connectivity index (χ1v) is 10.2. The third-order valence-corrected chi connectivity index (χ3v) is 7.54. The predicted molar refractivity (Wildman–Crippen MR) is 107 cm³/mol. The average molecular weight is 348 g/mol. The van der Waals surface area contributed by atoms with E-state index < -0.39 is 0 Å². The Bertz CT molecular complexity index is 811. The van der Waals surface area contributed by atoms with Gasteiger partial charge in [0.2, 0.25) is 0 Å². The van der Waals surface area contributed by atoms with Gasteiger partial charge in [0.05, 0.1) is 7.11 Å². The van der Waals surface area contributed by atoms with E-state index >= 15 is 0 Å². The molecule has 0 radical (unpaired) electrons. The smallest absolute Gasteiger partial charge is 0.118 e. The molecule has 2 aliphatic carbocycles. The summed E-state index contributed by atoms with van der Waals surface area (Å²) in [5.74, 6) is 1.78. The summed E-state index contributed by atoms with van der Waals surface area (Å²) in [7, 11) is 4.08. The molecule has 1 heterocycles. The first-order valence-electron chi connectivity index (χ1n) is 10.2. The number of likely N-dealkylation sites (tertiary alicyclic amines) is 1. The van der Waals surface area contributed by atoms with Gasteiger partial charge in [-0.15, -0.1) is 0 Å². The quantitative estimate of drug-likeness (QED) is 0.754. The van der Waals surface area contributed by atoms with Crippen LogP contribution >= 0.6 is 0 Å². The summed E-state index contributed by atoms with van der Waals surface area (Å²) in [6.07, 6.45) is 8.20. The normalized spacial score (nSPS) is 30.4. The third kappa shape index (κ3) is 2.35. The number of nitrogens with zero attached hydrogens (tertiary/aromatic N) is 1. The zero-order valence-corrected chi connectivity index (χ0v) is 16.0. The highest BCUT2D eigenvalue weighted by molar-refractivity contribution is 5.67. The van der Waals surface area contributed by atoms with Gasteiger partial charge in [0.1, 0.15) is 5.75 Å². The molecule has 2 bridgehead atoms. The van der Waals surface area contributed by atoms with Crippen molar-refractivity contribution in [1.29, 1.82) is 0 Å². The fourth-order valence-corrected chi connectivity index (χ4v) is 6.16. The largest absolute Gasteiger partial charge is 0.497 e. The number of hydrogen-bond acceptors (Lipinski definition) is 2. The molecular formula is C24H29NO. The Kier molecular flexibility index (Phi) is 3.86. The monoisotopic (exact) mass is 347 g/mol. The SMILES string of the molecule is COc1ccc(-c2ccc3c(c2)[C@@]24CCCC[C@H]2[C@@H](C3)N(C)CC4)cc1. The van der Waals surface area contributed by atoms with Gasteiger partial charge < -0.3 is 9.64 Å². The van der Waals surface area contributed by atoms with E-state index in [2.05, 4.69) is 54.4 Å². The molecular weight excluding hydrogens is 318 g/mol. The molecule has 0 amide bonds. The lowest BCUT2D eigenvalue weighted by Gasteiger charge is -2.58. The molecule has 0 unspecified atom stereocenters. The van der Waals surface area contributed by atoms with Crippen molar-refractivity contribution >= 4 is 0 Å². The molecule has 1 saturated heterocycles. The summed E-state index contributed by atoms with van der Waals surface area (Å²) >= 11 is 0. The van der Waals surface area contributed by atoms with Crippen LogP contribution in [0.1, 0.15) is 43.2 Å². The van der Waals surface area contributed by atoms with Crippen molar-refractivity contribution in [2.24, 2.45) is 5.92 Å². The Hall–Kier alpha value is -1.80. The number of piperidine rings is 1. The van der Waals surface area contributed by atoms with E-state index in [1.165, 1.54) is 56.2 Å². The van der Waals surface area contributed by atoms with Gasteiger partial charge >= 0.3 is 0 Å². The number of hydrogen-bond donors (Lipinski definition) is 0. The van der Waals surface area contributed by atoms with Gasteiger partial charge in [0.25, 0.3) is 0 Å². The number of methoxy groups -OCH3 is 1. The second-order valence-electron chi connectivity index (χ2n) is 8.61. The molecule has 3 aliphatic rings. The van der Waals surface area contributed by atoms with Crippen LogP contribution in [0, 0.1) is 5.92 Å². The molecule has 0 spiro atoms. The van der Waals surface area contributed by atoms with Crippen molar-refractivity contribution in [2.75, 3.05) is 20.7 Å². The average Bonchev–Trinajstić information content (AvgIpc) is 2.70. The van der Waals surface area contributed by atoms with Gasteiger partial charge in [-0.25, -0.2) is 0 Å². The molecule has 2 fully saturated rings. The molecule has 2 aromatic carbocycles. The van der Waals surface area contributed by atoms with Crippen LogP contribution in [0.5, 0.6) is 5.75 Å². The molecule has 1 saturated carbocycles. The zero-order valence-electron chi connectivity index (χ0n) is 16.0. The number of ether oxygens (including phenoxy) is 1. The molecule has 0 N–H and O–H groups in total. The van der Waals surface area contributed by atoms with Gasteiger partial charge in [-0.05, 0) is 79.6 Å². The summed E-state index contributed by atoms with van der Waals surface area (Å²) in [6, 6.07) is 16.6. The number of rotatable bonds is 2. The van der Waals surface area contributed by atoms with E-state index in [1.807, 2.05) is 0 Å². The second kappa shape index (κ2) is 6.13. The molecule has 2 heteroatoms. The highest BCUT2D eigenvalue weighted by atomic mass is 16.5. The Morgan fingerprint density at radius 2 is 1.81 bits per heavy atom. The van der Waals surface area contributed by atoms with Crippen molar-refractivity contribution in [1.82, 2.24) is 4.90 Å². The Morgan fingerprint density at radius 1 is 1.00 bits per heavy atom. The molecule has 2 nitrogen and oxygen atoms in total. The number of fused-ring (bicyclic) bond motifs is 1. The van der Waals surface area contributed by atoms with Crippen molar-refractivity contribution in [2.45, 2.75) is 50.0 Å². The lowest BCUT2D eigenvalue weighted by Crippen LogP contribution is -2.59. The van der Waals surface area contributed by atoms with Crippen LogP contribution in [-0.2, 0) is 11.8 Å². The highest BCUT2D eigenvalue weighted by Gasteiger charge is 2.52. The van der Waals surface area contributed by atoms with Crippen molar-refractivity contribution < 1.29 is 4.74 Å². The van der Waals surface area contributed by atoms with Gasteiger partial charge in [-0.3, -0.25) is 0 Å². The lowest BCUT2D eigenvalue weighted by molar-refractivity contribution is 0.00290. The van der Waals surface area contributed by atoms with Crippen molar-refractivity contribution in [3.05, 3.63) is 53.6 Å². The van der Waals surface area contributed by atoms with Crippen LogP contribution in [0.4, 0.5) is 0 Å². The Morgan fingerprint density at radius 3 is 2.62 bits per heavy atom. The summed E-state index contributed by atoms with van der Waals surface area (Å²) in [5.41, 5.74) is 6.39. The van der Waals surface area contributed by atoms with Gasteiger partial charge in [0.15, 0.2) is 0 Å².